The molecule has 2 aromatic carbocycles. The molecule has 5 nitrogen and oxygen atoms in total. The van der Waals surface area contributed by atoms with Gasteiger partial charge in [-0.1, -0.05) is 35.9 Å². The highest BCUT2D eigenvalue weighted by molar-refractivity contribution is 6.30. The lowest BCUT2D eigenvalue weighted by molar-refractivity contribution is 0.0718. The van der Waals surface area contributed by atoms with Crippen molar-refractivity contribution in [1.82, 2.24) is 9.88 Å². The fourth-order valence-electron chi connectivity index (χ4n) is 4.79. The second kappa shape index (κ2) is 9.70. The molecule has 1 N–H and O–H groups in total. The zero-order valence-corrected chi connectivity index (χ0v) is 19.5. The zero-order valence-electron chi connectivity index (χ0n) is 18.7. The lowest BCUT2D eigenvalue weighted by atomic mass is 9.88. The summed E-state index contributed by atoms with van der Waals surface area (Å²) in [4.78, 5) is 19.1. The number of anilines is 1. The number of allylic oxidation sites excluding steroid dienone is 4. The fourth-order valence-corrected chi connectivity index (χ4v) is 4.99. The van der Waals surface area contributed by atoms with Crippen LogP contribution in [0.5, 0.6) is 0 Å². The minimum absolute atomic E-state index is 0.0306. The van der Waals surface area contributed by atoms with E-state index >= 15 is 0 Å². The quantitative estimate of drug-likeness (QED) is 0.502. The predicted molar refractivity (Wildman–Crippen MR) is 136 cm³/mol. The minimum atomic E-state index is 0.0306. The summed E-state index contributed by atoms with van der Waals surface area (Å²) in [6.07, 6.45) is 12.3. The van der Waals surface area contributed by atoms with E-state index in [-0.39, 0.29) is 17.9 Å². The molecule has 1 saturated heterocycles. The monoisotopic (exact) mass is 468 g/mol. The van der Waals surface area contributed by atoms with Gasteiger partial charge in [-0.25, -0.2) is 0 Å². The van der Waals surface area contributed by atoms with E-state index in [0.717, 1.165) is 35.7 Å². The number of hydrogen-bond donors (Lipinski definition) is 1. The zero-order chi connectivity index (χ0) is 23.5. The van der Waals surface area contributed by atoms with Gasteiger partial charge in [0.25, 0.3) is 5.91 Å². The Morgan fingerprint density at radius 3 is 2.82 bits per heavy atom. The van der Waals surface area contributed by atoms with Gasteiger partial charge < -0.3 is 10.2 Å². The number of carbonyl (C=O) groups is 1. The van der Waals surface area contributed by atoms with E-state index in [4.69, 9.17) is 11.6 Å². The summed E-state index contributed by atoms with van der Waals surface area (Å²) >= 11 is 6.07. The summed E-state index contributed by atoms with van der Waals surface area (Å²) in [6.45, 7) is 1.39. The number of nitrogens with one attached hydrogen (secondary N) is 1. The van der Waals surface area contributed by atoms with Crippen LogP contribution in [0, 0.1) is 11.3 Å². The molecule has 1 amide bonds. The third kappa shape index (κ3) is 4.69. The molecule has 3 aromatic rings. The molecule has 1 fully saturated rings. The molecule has 5 rings (SSSR count). The molecule has 0 radical (unpaired) electrons. The average Bonchev–Trinajstić information content (AvgIpc) is 2.88. The van der Waals surface area contributed by atoms with Gasteiger partial charge >= 0.3 is 0 Å². The van der Waals surface area contributed by atoms with Gasteiger partial charge in [0.2, 0.25) is 0 Å². The van der Waals surface area contributed by atoms with E-state index in [1.54, 1.807) is 12.1 Å². The van der Waals surface area contributed by atoms with E-state index < -0.39 is 0 Å². The van der Waals surface area contributed by atoms with Crippen molar-refractivity contribution in [2.75, 3.05) is 18.4 Å². The predicted octanol–water partition coefficient (Wildman–Crippen LogP) is 6.10. The van der Waals surface area contributed by atoms with Gasteiger partial charge in [0.05, 0.1) is 6.07 Å². The number of nitriles is 1. The molecule has 1 aliphatic heterocycles. The summed E-state index contributed by atoms with van der Waals surface area (Å²) in [6, 6.07) is 16.1. The van der Waals surface area contributed by atoms with Gasteiger partial charge in [-0.15, -0.1) is 0 Å². The highest BCUT2D eigenvalue weighted by atomic mass is 35.5. The van der Waals surface area contributed by atoms with Crippen molar-refractivity contribution < 1.29 is 4.79 Å². The normalized spacial score (nSPS) is 18.4. The van der Waals surface area contributed by atoms with Crippen LogP contribution >= 0.6 is 11.6 Å². The first-order valence-corrected chi connectivity index (χ1v) is 12.0. The Morgan fingerprint density at radius 1 is 1.18 bits per heavy atom. The van der Waals surface area contributed by atoms with E-state index in [1.165, 1.54) is 5.56 Å². The molecule has 1 aromatic heterocycles. The SMILES string of the molecule is N#CC1=CC(c2cc(NC3CCN(C(=O)c4cccc(Cl)c4)CC3)c3cnccc3c2)CC=C1. The molecule has 1 aliphatic carbocycles. The van der Waals surface area contributed by atoms with Crippen LogP contribution in [-0.4, -0.2) is 34.9 Å². The molecule has 0 bridgehead atoms. The van der Waals surface area contributed by atoms with Crippen LogP contribution in [0.15, 0.2) is 78.7 Å². The number of halogens is 1. The van der Waals surface area contributed by atoms with Crippen LogP contribution in [0.4, 0.5) is 5.69 Å². The van der Waals surface area contributed by atoms with Crippen molar-refractivity contribution in [2.45, 2.75) is 31.2 Å². The van der Waals surface area contributed by atoms with Crippen LogP contribution in [0.2, 0.25) is 5.02 Å². The molecular formula is C28H25ClN4O. The number of benzene rings is 2. The van der Waals surface area contributed by atoms with Crippen molar-refractivity contribution >= 4 is 34.0 Å². The second-order valence-corrected chi connectivity index (χ2v) is 9.30. The molecule has 0 saturated carbocycles. The van der Waals surface area contributed by atoms with Crippen molar-refractivity contribution in [3.05, 3.63) is 94.8 Å². The maximum Gasteiger partial charge on any atom is 0.253 e. The lowest BCUT2D eigenvalue weighted by Gasteiger charge is -2.33. The second-order valence-electron chi connectivity index (χ2n) is 8.86. The highest BCUT2D eigenvalue weighted by Crippen LogP contribution is 2.34. The van der Waals surface area contributed by atoms with E-state index in [9.17, 15) is 10.1 Å². The summed E-state index contributed by atoms with van der Waals surface area (Å²) in [5.41, 5.74) is 3.58. The summed E-state index contributed by atoms with van der Waals surface area (Å²) in [5, 5.41) is 15.8. The smallest absolute Gasteiger partial charge is 0.253 e. The van der Waals surface area contributed by atoms with E-state index in [0.29, 0.717) is 29.2 Å². The molecular weight excluding hydrogens is 444 g/mol. The summed E-state index contributed by atoms with van der Waals surface area (Å²) in [7, 11) is 0. The van der Waals surface area contributed by atoms with Crippen LogP contribution in [0.25, 0.3) is 10.8 Å². The van der Waals surface area contributed by atoms with Crippen molar-refractivity contribution in [3.63, 3.8) is 0 Å². The molecule has 170 valence electrons. The maximum absolute atomic E-state index is 12.9. The summed E-state index contributed by atoms with van der Waals surface area (Å²) in [5.74, 6) is 0.206. The molecule has 0 spiro atoms. The Balaban J connectivity index is 1.33. The highest BCUT2D eigenvalue weighted by Gasteiger charge is 2.24. The van der Waals surface area contributed by atoms with Crippen LogP contribution in [0.3, 0.4) is 0 Å². The molecule has 6 heteroatoms. The Labute approximate surface area is 204 Å². The van der Waals surface area contributed by atoms with Crippen molar-refractivity contribution in [2.24, 2.45) is 0 Å². The number of piperidine rings is 1. The van der Waals surface area contributed by atoms with Gasteiger partial charge in [-0.3, -0.25) is 9.78 Å². The Hall–Kier alpha value is -3.62. The van der Waals surface area contributed by atoms with Gasteiger partial charge in [-0.05, 0) is 66.6 Å². The number of fused-ring (bicyclic) bond motifs is 1. The number of nitrogens with zero attached hydrogens (tertiary/aromatic N) is 3. The first-order chi connectivity index (χ1) is 16.6. The van der Waals surface area contributed by atoms with E-state index in [2.05, 4.69) is 34.6 Å². The number of rotatable bonds is 4. The van der Waals surface area contributed by atoms with Gasteiger partial charge in [0.1, 0.15) is 0 Å². The average molecular weight is 469 g/mol. The largest absolute Gasteiger partial charge is 0.382 e. The lowest BCUT2D eigenvalue weighted by Crippen LogP contribution is -2.42. The minimum Gasteiger partial charge on any atom is -0.382 e. The van der Waals surface area contributed by atoms with Crippen LogP contribution in [0.1, 0.15) is 41.1 Å². The van der Waals surface area contributed by atoms with Gasteiger partial charge in [-0.2, -0.15) is 5.26 Å². The Kier molecular flexibility index (Phi) is 6.33. The summed E-state index contributed by atoms with van der Waals surface area (Å²) < 4.78 is 0. The number of pyridine rings is 1. The topological polar surface area (TPSA) is 69.0 Å². The number of likely N-dealkylation sites (tertiary alicyclic amines) is 1. The number of carbonyl (C=O) groups excluding carboxylic acids is 1. The first-order valence-electron chi connectivity index (χ1n) is 11.6. The third-order valence-electron chi connectivity index (χ3n) is 6.62. The molecule has 1 unspecified atom stereocenters. The van der Waals surface area contributed by atoms with Crippen molar-refractivity contribution in [3.8, 4) is 6.07 Å². The maximum atomic E-state index is 12.9. The van der Waals surface area contributed by atoms with E-state index in [1.807, 2.05) is 47.6 Å². The van der Waals surface area contributed by atoms with Crippen molar-refractivity contribution in [1.29, 1.82) is 5.26 Å². The molecule has 2 heterocycles. The van der Waals surface area contributed by atoms with Crippen LogP contribution in [-0.2, 0) is 0 Å². The fraction of sp³-hybridized carbons (Fsp3) is 0.250. The van der Waals surface area contributed by atoms with Gasteiger partial charge in [0.15, 0.2) is 0 Å². The standard InChI is InChI=1S/C28H25ClN4O/c29-24-6-2-5-22(15-24)28(34)33-11-8-25(9-12-33)32-27-16-23(14-21-7-10-31-18-26(21)27)20-4-1-3-19(13-20)17-30/h1-3,5-7,10,13-16,18,20,25,32H,4,8-9,11-12H2. The van der Waals surface area contributed by atoms with Crippen LogP contribution < -0.4 is 5.32 Å². The number of hydrogen-bond acceptors (Lipinski definition) is 4. The third-order valence-corrected chi connectivity index (χ3v) is 6.85. The van der Waals surface area contributed by atoms with Gasteiger partial charge in [0, 0.05) is 64.7 Å². The Morgan fingerprint density at radius 2 is 2.03 bits per heavy atom. The number of amides is 1. The first kappa shape index (κ1) is 22.2. The number of aromatic nitrogens is 1. The molecule has 2 aliphatic rings. The Bertz CT molecular complexity index is 1330. The molecule has 1 atom stereocenters. The molecule has 34 heavy (non-hydrogen) atoms.